The number of hydrogen-bond donors (Lipinski definition) is 2. The molecule has 5 heteroatoms. The Kier molecular flexibility index (Phi) is 4.25. The quantitative estimate of drug-likeness (QED) is 0.796. The maximum atomic E-state index is 5.61. The second-order valence-electron chi connectivity index (χ2n) is 6.81. The fourth-order valence-corrected chi connectivity index (χ4v) is 4.07. The normalized spacial score (nSPS) is 17.3. The molecule has 0 spiro atoms. The summed E-state index contributed by atoms with van der Waals surface area (Å²) >= 11 is 5.61. The topological polar surface area (TPSA) is 42.5 Å². The highest BCUT2D eigenvalue weighted by Crippen LogP contribution is 2.39. The van der Waals surface area contributed by atoms with Gasteiger partial charge >= 0.3 is 0 Å². The van der Waals surface area contributed by atoms with Crippen molar-refractivity contribution in [2.45, 2.75) is 38.1 Å². The third kappa shape index (κ3) is 3.29. The molecule has 1 aliphatic carbocycles. The summed E-state index contributed by atoms with van der Waals surface area (Å²) < 4.78 is 10.8. The Balaban J connectivity index is 1.51. The molecule has 130 valence electrons. The van der Waals surface area contributed by atoms with Crippen LogP contribution in [0, 0.1) is 6.92 Å². The van der Waals surface area contributed by atoms with Crippen molar-refractivity contribution in [2.24, 2.45) is 0 Å². The van der Waals surface area contributed by atoms with E-state index in [0.29, 0.717) is 5.11 Å². The predicted molar refractivity (Wildman–Crippen MR) is 103 cm³/mol. The van der Waals surface area contributed by atoms with Crippen molar-refractivity contribution in [3.8, 4) is 11.5 Å². The van der Waals surface area contributed by atoms with Crippen LogP contribution in [0.15, 0.2) is 42.5 Å². The standard InChI is InChI=1S/C20H22N2O2S/c1-14-5-4-6-15(11-14)20(9-2-3-10-20)22-19(25)21-16-7-8-17-18(12-16)24-13-23-17/h4-8,11-12H,2-3,9-10,13H2,1H3,(H2,21,22,25). The molecule has 1 fully saturated rings. The van der Waals surface area contributed by atoms with Gasteiger partial charge in [0.1, 0.15) is 0 Å². The summed E-state index contributed by atoms with van der Waals surface area (Å²) in [5.41, 5.74) is 3.42. The largest absolute Gasteiger partial charge is 0.454 e. The number of nitrogens with one attached hydrogen (secondary N) is 2. The van der Waals surface area contributed by atoms with Crippen molar-refractivity contribution in [3.63, 3.8) is 0 Å². The van der Waals surface area contributed by atoms with Gasteiger partial charge in [-0.05, 0) is 49.7 Å². The van der Waals surface area contributed by atoms with Crippen LogP contribution >= 0.6 is 12.2 Å². The van der Waals surface area contributed by atoms with E-state index < -0.39 is 0 Å². The van der Waals surface area contributed by atoms with Crippen LogP contribution in [0.5, 0.6) is 11.5 Å². The molecular formula is C20H22N2O2S. The van der Waals surface area contributed by atoms with Gasteiger partial charge in [-0.1, -0.05) is 42.7 Å². The number of hydrogen-bond acceptors (Lipinski definition) is 3. The molecule has 4 nitrogen and oxygen atoms in total. The molecule has 2 aromatic rings. The molecule has 2 aromatic carbocycles. The lowest BCUT2D eigenvalue weighted by molar-refractivity contribution is 0.174. The number of fused-ring (bicyclic) bond motifs is 1. The highest BCUT2D eigenvalue weighted by atomic mass is 32.1. The van der Waals surface area contributed by atoms with Crippen molar-refractivity contribution in [1.29, 1.82) is 0 Å². The minimum atomic E-state index is -0.0769. The van der Waals surface area contributed by atoms with Crippen molar-refractivity contribution in [1.82, 2.24) is 5.32 Å². The molecule has 4 rings (SSSR count). The maximum absolute atomic E-state index is 5.61. The summed E-state index contributed by atoms with van der Waals surface area (Å²) in [6.45, 7) is 2.41. The molecule has 0 unspecified atom stereocenters. The summed E-state index contributed by atoms with van der Waals surface area (Å²) in [5, 5.41) is 7.53. The lowest BCUT2D eigenvalue weighted by Crippen LogP contribution is -2.45. The van der Waals surface area contributed by atoms with Gasteiger partial charge < -0.3 is 20.1 Å². The lowest BCUT2D eigenvalue weighted by Gasteiger charge is -2.33. The molecule has 1 aliphatic heterocycles. The van der Waals surface area contributed by atoms with Gasteiger partial charge in [0, 0.05) is 11.8 Å². The van der Waals surface area contributed by atoms with Crippen LogP contribution < -0.4 is 20.1 Å². The van der Waals surface area contributed by atoms with E-state index in [9.17, 15) is 0 Å². The molecule has 25 heavy (non-hydrogen) atoms. The fourth-order valence-electron chi connectivity index (χ4n) is 3.76. The number of thiocarbonyl (C=S) groups is 1. The van der Waals surface area contributed by atoms with Crippen molar-refractivity contribution < 1.29 is 9.47 Å². The van der Waals surface area contributed by atoms with Crippen LogP contribution in [0.3, 0.4) is 0 Å². The van der Waals surface area contributed by atoms with Gasteiger partial charge in [0.15, 0.2) is 16.6 Å². The second-order valence-corrected chi connectivity index (χ2v) is 7.21. The smallest absolute Gasteiger partial charge is 0.231 e. The van der Waals surface area contributed by atoms with Crippen molar-refractivity contribution >= 4 is 23.0 Å². The van der Waals surface area contributed by atoms with Crippen molar-refractivity contribution in [3.05, 3.63) is 53.6 Å². The first-order valence-electron chi connectivity index (χ1n) is 8.71. The average molecular weight is 354 g/mol. The first-order valence-corrected chi connectivity index (χ1v) is 9.11. The third-order valence-corrected chi connectivity index (χ3v) is 5.22. The zero-order valence-corrected chi connectivity index (χ0v) is 15.1. The van der Waals surface area contributed by atoms with Gasteiger partial charge in [-0.15, -0.1) is 0 Å². The summed E-state index contributed by atoms with van der Waals surface area (Å²) in [6, 6.07) is 14.5. The highest BCUT2D eigenvalue weighted by Gasteiger charge is 2.36. The number of ether oxygens (including phenoxy) is 2. The van der Waals surface area contributed by atoms with Gasteiger partial charge in [0.25, 0.3) is 0 Å². The SMILES string of the molecule is Cc1cccc(C2(NC(=S)Nc3ccc4c(c3)OCO4)CCCC2)c1. The molecule has 2 N–H and O–H groups in total. The zero-order chi connectivity index (χ0) is 17.3. The third-order valence-electron chi connectivity index (χ3n) is 5.01. The van der Waals surface area contributed by atoms with Crippen LogP contribution in [-0.4, -0.2) is 11.9 Å². The van der Waals surface area contributed by atoms with E-state index in [2.05, 4.69) is 41.8 Å². The number of rotatable bonds is 3. The lowest BCUT2D eigenvalue weighted by atomic mass is 9.87. The Bertz CT molecular complexity index is 800. The minimum absolute atomic E-state index is 0.0769. The van der Waals surface area contributed by atoms with Gasteiger partial charge in [-0.2, -0.15) is 0 Å². The van der Waals surface area contributed by atoms with E-state index in [-0.39, 0.29) is 12.3 Å². The second kappa shape index (κ2) is 6.56. The van der Waals surface area contributed by atoms with Gasteiger partial charge in [0.05, 0.1) is 5.54 Å². The fraction of sp³-hybridized carbons (Fsp3) is 0.350. The van der Waals surface area contributed by atoms with E-state index >= 15 is 0 Å². The number of aryl methyl sites for hydroxylation is 1. The summed E-state index contributed by atoms with van der Waals surface area (Å²) in [4.78, 5) is 0. The van der Waals surface area contributed by atoms with E-state index in [1.165, 1.54) is 24.0 Å². The van der Waals surface area contributed by atoms with Crippen LogP contribution in [0.4, 0.5) is 5.69 Å². The van der Waals surface area contributed by atoms with Crippen LogP contribution in [-0.2, 0) is 5.54 Å². The molecule has 0 aromatic heterocycles. The van der Waals surface area contributed by atoms with Gasteiger partial charge in [-0.25, -0.2) is 0 Å². The molecule has 0 radical (unpaired) electrons. The molecule has 1 saturated carbocycles. The molecule has 1 heterocycles. The van der Waals surface area contributed by atoms with Crippen LogP contribution in [0.2, 0.25) is 0 Å². The van der Waals surface area contributed by atoms with E-state index in [0.717, 1.165) is 30.0 Å². The number of anilines is 1. The predicted octanol–water partition coefficient (Wildman–Crippen LogP) is 4.48. The Morgan fingerprint density at radius 2 is 1.84 bits per heavy atom. The molecule has 0 saturated heterocycles. The van der Waals surface area contributed by atoms with Gasteiger partial charge in [0.2, 0.25) is 6.79 Å². The van der Waals surface area contributed by atoms with Crippen LogP contribution in [0.1, 0.15) is 36.8 Å². The summed E-state index contributed by atoms with van der Waals surface area (Å²) in [7, 11) is 0. The zero-order valence-electron chi connectivity index (χ0n) is 14.3. The molecule has 0 bridgehead atoms. The Morgan fingerprint density at radius 3 is 2.64 bits per heavy atom. The highest BCUT2D eigenvalue weighted by molar-refractivity contribution is 7.80. The summed E-state index contributed by atoms with van der Waals surface area (Å²) in [5.74, 6) is 1.53. The van der Waals surface area contributed by atoms with Crippen LogP contribution in [0.25, 0.3) is 0 Å². The number of benzene rings is 2. The average Bonchev–Trinajstić information content (AvgIpc) is 3.24. The monoisotopic (exact) mass is 354 g/mol. The molecular weight excluding hydrogens is 332 g/mol. The van der Waals surface area contributed by atoms with E-state index in [4.69, 9.17) is 21.7 Å². The Morgan fingerprint density at radius 1 is 1.04 bits per heavy atom. The molecule has 2 aliphatic rings. The van der Waals surface area contributed by atoms with Crippen molar-refractivity contribution in [2.75, 3.05) is 12.1 Å². The minimum Gasteiger partial charge on any atom is -0.454 e. The first-order chi connectivity index (χ1) is 12.1. The first kappa shape index (κ1) is 16.2. The Hall–Kier alpha value is -2.27. The Labute approximate surface area is 153 Å². The van der Waals surface area contributed by atoms with E-state index in [1.54, 1.807) is 0 Å². The summed E-state index contributed by atoms with van der Waals surface area (Å²) in [6.07, 6.45) is 4.62. The van der Waals surface area contributed by atoms with Gasteiger partial charge in [-0.3, -0.25) is 0 Å². The molecule has 0 amide bonds. The molecule has 0 atom stereocenters. The maximum Gasteiger partial charge on any atom is 0.231 e. The van der Waals surface area contributed by atoms with E-state index in [1.807, 2.05) is 18.2 Å².